The summed E-state index contributed by atoms with van der Waals surface area (Å²) in [7, 11) is 2.01. The molecule has 1 heterocycles. The smallest absolute Gasteiger partial charge is 0.337 e. The Labute approximate surface area is 106 Å². The van der Waals surface area contributed by atoms with Crippen molar-refractivity contribution in [1.82, 2.24) is 0 Å². The summed E-state index contributed by atoms with van der Waals surface area (Å²) in [6.45, 7) is 1.55. The van der Waals surface area contributed by atoms with E-state index in [4.69, 9.17) is 15.6 Å². The number of nitrogen functional groups attached to an aromatic ring is 1. The third kappa shape index (κ3) is 2.56. The molecule has 2 rings (SSSR count). The average Bonchev–Trinajstić information content (AvgIpc) is 2.38. The highest BCUT2D eigenvalue weighted by molar-refractivity contribution is 5.94. The van der Waals surface area contributed by atoms with E-state index in [0.717, 1.165) is 31.7 Å². The SMILES string of the molecule is CN(c1ccc(C(=O)O)c(N)c1)C1CCOCC1. The fourth-order valence-corrected chi connectivity index (χ4v) is 2.25. The molecule has 1 aromatic carbocycles. The highest BCUT2D eigenvalue weighted by Gasteiger charge is 2.19. The zero-order chi connectivity index (χ0) is 13.1. The quantitative estimate of drug-likeness (QED) is 0.797. The van der Waals surface area contributed by atoms with Crippen LogP contribution in [0.25, 0.3) is 0 Å². The predicted molar refractivity (Wildman–Crippen MR) is 70.1 cm³/mol. The van der Waals surface area contributed by atoms with Crippen molar-refractivity contribution in [1.29, 1.82) is 0 Å². The van der Waals surface area contributed by atoms with E-state index in [2.05, 4.69) is 4.90 Å². The molecule has 0 bridgehead atoms. The summed E-state index contributed by atoms with van der Waals surface area (Å²) in [6, 6.07) is 5.51. The first-order chi connectivity index (χ1) is 8.59. The maximum Gasteiger partial charge on any atom is 0.337 e. The molecule has 0 atom stereocenters. The molecular formula is C13H18N2O3. The minimum Gasteiger partial charge on any atom is -0.478 e. The Balaban J connectivity index is 2.17. The van der Waals surface area contributed by atoms with Crippen molar-refractivity contribution >= 4 is 17.3 Å². The van der Waals surface area contributed by atoms with Gasteiger partial charge in [0, 0.05) is 37.7 Å². The van der Waals surface area contributed by atoms with Crippen LogP contribution in [0.3, 0.4) is 0 Å². The van der Waals surface area contributed by atoms with Crippen molar-refractivity contribution in [3.63, 3.8) is 0 Å². The number of hydrogen-bond donors (Lipinski definition) is 2. The molecule has 0 radical (unpaired) electrons. The Morgan fingerprint density at radius 1 is 1.44 bits per heavy atom. The van der Waals surface area contributed by atoms with Crippen LogP contribution < -0.4 is 10.6 Å². The number of nitrogens with two attached hydrogens (primary N) is 1. The Bertz CT molecular complexity index is 442. The fraction of sp³-hybridized carbons (Fsp3) is 0.462. The van der Waals surface area contributed by atoms with Crippen molar-refractivity contribution in [2.75, 3.05) is 30.9 Å². The second-order valence-electron chi connectivity index (χ2n) is 4.53. The summed E-state index contributed by atoms with van der Waals surface area (Å²) in [5.74, 6) is -0.993. The lowest BCUT2D eigenvalue weighted by Crippen LogP contribution is -2.36. The molecule has 1 saturated heterocycles. The highest BCUT2D eigenvalue weighted by Crippen LogP contribution is 2.25. The molecule has 0 aromatic heterocycles. The Kier molecular flexibility index (Phi) is 3.72. The van der Waals surface area contributed by atoms with Crippen LogP contribution in [0.5, 0.6) is 0 Å². The normalized spacial score (nSPS) is 16.5. The zero-order valence-corrected chi connectivity index (χ0v) is 10.4. The topological polar surface area (TPSA) is 75.8 Å². The van der Waals surface area contributed by atoms with Crippen molar-refractivity contribution in [3.05, 3.63) is 23.8 Å². The van der Waals surface area contributed by atoms with Crippen LogP contribution in [0.15, 0.2) is 18.2 Å². The lowest BCUT2D eigenvalue weighted by molar-refractivity contribution is 0.0698. The number of aromatic carboxylic acids is 1. The molecule has 1 aromatic rings. The van der Waals surface area contributed by atoms with Crippen LogP contribution in [-0.4, -0.2) is 37.4 Å². The summed E-state index contributed by atoms with van der Waals surface area (Å²) in [4.78, 5) is 13.0. The number of nitrogens with zero attached hydrogens (tertiary/aromatic N) is 1. The van der Waals surface area contributed by atoms with Gasteiger partial charge >= 0.3 is 5.97 Å². The molecule has 5 nitrogen and oxygen atoms in total. The van der Waals surface area contributed by atoms with Crippen LogP contribution in [-0.2, 0) is 4.74 Å². The molecule has 1 aliphatic rings. The van der Waals surface area contributed by atoms with Crippen molar-refractivity contribution in [2.45, 2.75) is 18.9 Å². The molecule has 0 spiro atoms. The molecule has 18 heavy (non-hydrogen) atoms. The van der Waals surface area contributed by atoms with Crippen molar-refractivity contribution in [3.8, 4) is 0 Å². The van der Waals surface area contributed by atoms with E-state index in [0.29, 0.717) is 11.7 Å². The number of rotatable bonds is 3. The van der Waals surface area contributed by atoms with Gasteiger partial charge in [-0.2, -0.15) is 0 Å². The first-order valence-electron chi connectivity index (χ1n) is 6.03. The number of carboxylic acid groups (broad SMARTS) is 1. The van der Waals surface area contributed by atoms with E-state index in [1.54, 1.807) is 18.2 Å². The summed E-state index contributed by atoms with van der Waals surface area (Å²) in [6.07, 6.45) is 1.97. The molecule has 3 N–H and O–H groups in total. The summed E-state index contributed by atoms with van der Waals surface area (Å²) in [5, 5.41) is 8.93. The van der Waals surface area contributed by atoms with Gasteiger partial charge in [-0.15, -0.1) is 0 Å². The first kappa shape index (κ1) is 12.7. The minimum absolute atomic E-state index is 0.152. The minimum atomic E-state index is -0.993. The maximum absolute atomic E-state index is 10.9. The standard InChI is InChI=1S/C13H18N2O3/c1-15(9-4-6-18-7-5-9)10-2-3-11(13(16)17)12(14)8-10/h2-3,8-9H,4-7,14H2,1H3,(H,16,17). The Hall–Kier alpha value is -1.75. The lowest BCUT2D eigenvalue weighted by atomic mass is 10.1. The number of carboxylic acids is 1. The van der Waals surface area contributed by atoms with E-state index in [-0.39, 0.29) is 5.56 Å². The molecule has 0 amide bonds. The van der Waals surface area contributed by atoms with Gasteiger partial charge in [0.25, 0.3) is 0 Å². The Morgan fingerprint density at radius 2 is 2.11 bits per heavy atom. The van der Waals surface area contributed by atoms with Gasteiger partial charge in [-0.1, -0.05) is 0 Å². The van der Waals surface area contributed by atoms with Gasteiger partial charge in [-0.25, -0.2) is 4.79 Å². The Morgan fingerprint density at radius 3 is 2.67 bits per heavy atom. The third-order valence-corrected chi connectivity index (χ3v) is 3.41. The molecule has 1 aliphatic heterocycles. The molecule has 5 heteroatoms. The van der Waals surface area contributed by atoms with Crippen LogP contribution in [0.4, 0.5) is 11.4 Å². The molecule has 98 valence electrons. The highest BCUT2D eigenvalue weighted by atomic mass is 16.5. The summed E-state index contributed by atoms with van der Waals surface area (Å²) < 4.78 is 5.33. The second-order valence-corrected chi connectivity index (χ2v) is 4.53. The largest absolute Gasteiger partial charge is 0.478 e. The molecule has 0 unspecified atom stereocenters. The van der Waals surface area contributed by atoms with Crippen LogP contribution in [0.2, 0.25) is 0 Å². The molecule has 0 saturated carbocycles. The maximum atomic E-state index is 10.9. The van der Waals surface area contributed by atoms with E-state index in [9.17, 15) is 4.79 Å². The van der Waals surface area contributed by atoms with Gasteiger partial charge in [0.1, 0.15) is 0 Å². The number of anilines is 2. The van der Waals surface area contributed by atoms with Gasteiger partial charge in [-0.3, -0.25) is 0 Å². The molecule has 1 fully saturated rings. The lowest BCUT2D eigenvalue weighted by Gasteiger charge is -2.33. The van der Waals surface area contributed by atoms with Crippen LogP contribution in [0, 0.1) is 0 Å². The summed E-state index contributed by atoms with van der Waals surface area (Å²) in [5.41, 5.74) is 7.16. The van der Waals surface area contributed by atoms with E-state index < -0.39 is 5.97 Å². The predicted octanol–water partition coefficient (Wildman–Crippen LogP) is 1.58. The second kappa shape index (κ2) is 5.27. The third-order valence-electron chi connectivity index (χ3n) is 3.41. The van der Waals surface area contributed by atoms with E-state index in [1.165, 1.54) is 0 Å². The average molecular weight is 250 g/mol. The number of ether oxygens (including phenoxy) is 1. The van der Waals surface area contributed by atoms with Crippen molar-refractivity contribution in [2.24, 2.45) is 0 Å². The fourth-order valence-electron chi connectivity index (χ4n) is 2.25. The monoisotopic (exact) mass is 250 g/mol. The summed E-state index contributed by atoms with van der Waals surface area (Å²) >= 11 is 0. The van der Waals surface area contributed by atoms with Gasteiger partial charge < -0.3 is 20.5 Å². The van der Waals surface area contributed by atoms with Gasteiger partial charge in [0.2, 0.25) is 0 Å². The van der Waals surface area contributed by atoms with E-state index >= 15 is 0 Å². The van der Waals surface area contributed by atoms with Gasteiger partial charge in [0.15, 0.2) is 0 Å². The van der Waals surface area contributed by atoms with Gasteiger partial charge in [0.05, 0.1) is 5.56 Å². The number of benzene rings is 1. The zero-order valence-electron chi connectivity index (χ0n) is 10.4. The number of hydrogen-bond acceptors (Lipinski definition) is 4. The molecule has 0 aliphatic carbocycles. The van der Waals surface area contributed by atoms with Crippen LogP contribution >= 0.6 is 0 Å². The number of carbonyl (C=O) groups is 1. The van der Waals surface area contributed by atoms with E-state index in [1.807, 2.05) is 7.05 Å². The van der Waals surface area contributed by atoms with Crippen molar-refractivity contribution < 1.29 is 14.6 Å². The van der Waals surface area contributed by atoms with Crippen LogP contribution in [0.1, 0.15) is 23.2 Å². The molecular weight excluding hydrogens is 232 g/mol. The first-order valence-corrected chi connectivity index (χ1v) is 6.03. The van der Waals surface area contributed by atoms with Gasteiger partial charge in [-0.05, 0) is 31.0 Å².